The Hall–Kier alpha value is -2.59. The molecular formula is C20H17NO2S. The van der Waals surface area contributed by atoms with Gasteiger partial charge in [0.2, 0.25) is 0 Å². The Labute approximate surface area is 145 Å². The third-order valence-electron chi connectivity index (χ3n) is 3.67. The lowest BCUT2D eigenvalue weighted by molar-refractivity contribution is 0.0690. The molecule has 3 nitrogen and oxygen atoms in total. The van der Waals surface area contributed by atoms with Crippen LogP contribution in [0.2, 0.25) is 0 Å². The zero-order valence-electron chi connectivity index (χ0n) is 13.1. The van der Waals surface area contributed by atoms with Crippen molar-refractivity contribution in [2.45, 2.75) is 11.3 Å². The summed E-state index contributed by atoms with van der Waals surface area (Å²) in [5, 5.41) is 8.96. The van der Waals surface area contributed by atoms with Crippen LogP contribution >= 0.6 is 11.8 Å². The summed E-state index contributed by atoms with van der Waals surface area (Å²) < 4.78 is 0. The van der Waals surface area contributed by atoms with Crippen LogP contribution in [0.1, 0.15) is 16.1 Å². The van der Waals surface area contributed by atoms with E-state index < -0.39 is 5.97 Å². The summed E-state index contributed by atoms with van der Waals surface area (Å²) in [6.07, 6.45) is 2.48. The highest BCUT2D eigenvalue weighted by Gasteiger charge is 2.05. The summed E-state index contributed by atoms with van der Waals surface area (Å²) in [4.78, 5) is 15.7. The van der Waals surface area contributed by atoms with Gasteiger partial charge >= 0.3 is 5.97 Å². The standard InChI is InChI=1S/C20H17NO2S/c22-20(23)19-14-18(10-12-21-19)24-13-11-15-6-8-17(9-7-15)16-4-2-1-3-5-16/h1-10,12,14H,11,13H2,(H,22,23). The van der Waals surface area contributed by atoms with Gasteiger partial charge in [-0.15, -0.1) is 11.8 Å². The zero-order valence-corrected chi connectivity index (χ0v) is 13.9. The lowest BCUT2D eigenvalue weighted by Crippen LogP contribution is -1.99. The number of thioether (sulfide) groups is 1. The minimum atomic E-state index is -0.992. The summed E-state index contributed by atoms with van der Waals surface area (Å²) in [6.45, 7) is 0. The Bertz CT molecular complexity index is 817. The van der Waals surface area contributed by atoms with E-state index in [0.29, 0.717) is 0 Å². The van der Waals surface area contributed by atoms with E-state index in [2.05, 4.69) is 41.4 Å². The molecule has 0 aliphatic rings. The van der Waals surface area contributed by atoms with Crippen molar-refractivity contribution >= 4 is 17.7 Å². The van der Waals surface area contributed by atoms with Gasteiger partial charge < -0.3 is 5.11 Å². The van der Waals surface area contributed by atoms with Gasteiger partial charge in [-0.1, -0.05) is 54.6 Å². The van der Waals surface area contributed by atoms with Crippen LogP contribution in [0, 0.1) is 0 Å². The fourth-order valence-corrected chi connectivity index (χ4v) is 3.32. The number of benzene rings is 2. The van der Waals surface area contributed by atoms with E-state index in [1.165, 1.54) is 16.7 Å². The van der Waals surface area contributed by atoms with Crippen LogP contribution in [0.25, 0.3) is 11.1 Å². The smallest absolute Gasteiger partial charge is 0.354 e. The Morgan fingerprint density at radius 3 is 2.38 bits per heavy atom. The zero-order chi connectivity index (χ0) is 16.8. The highest BCUT2D eigenvalue weighted by atomic mass is 32.2. The SMILES string of the molecule is O=C(O)c1cc(SCCc2ccc(-c3ccccc3)cc2)ccn1. The molecule has 0 amide bonds. The number of carboxylic acid groups (broad SMARTS) is 1. The van der Waals surface area contributed by atoms with Crippen molar-refractivity contribution in [1.29, 1.82) is 0 Å². The van der Waals surface area contributed by atoms with E-state index >= 15 is 0 Å². The van der Waals surface area contributed by atoms with Crippen molar-refractivity contribution in [3.8, 4) is 11.1 Å². The topological polar surface area (TPSA) is 50.2 Å². The lowest BCUT2D eigenvalue weighted by atomic mass is 10.0. The third-order valence-corrected chi connectivity index (χ3v) is 4.67. The highest BCUT2D eigenvalue weighted by Crippen LogP contribution is 2.22. The maximum absolute atomic E-state index is 10.9. The van der Waals surface area contributed by atoms with Crippen molar-refractivity contribution in [2.24, 2.45) is 0 Å². The largest absolute Gasteiger partial charge is 0.477 e. The molecule has 0 fully saturated rings. The van der Waals surface area contributed by atoms with Crippen LogP contribution in [-0.4, -0.2) is 21.8 Å². The number of hydrogen-bond acceptors (Lipinski definition) is 3. The lowest BCUT2D eigenvalue weighted by Gasteiger charge is -2.05. The number of rotatable bonds is 6. The average Bonchev–Trinajstić information content (AvgIpc) is 2.63. The number of hydrogen-bond donors (Lipinski definition) is 1. The maximum Gasteiger partial charge on any atom is 0.354 e. The van der Waals surface area contributed by atoms with Crippen LogP contribution < -0.4 is 0 Å². The van der Waals surface area contributed by atoms with E-state index in [1.54, 1.807) is 24.0 Å². The molecule has 0 atom stereocenters. The van der Waals surface area contributed by atoms with E-state index in [1.807, 2.05) is 24.3 Å². The molecule has 3 rings (SSSR count). The van der Waals surface area contributed by atoms with Crippen molar-refractivity contribution < 1.29 is 9.90 Å². The summed E-state index contributed by atoms with van der Waals surface area (Å²) >= 11 is 1.64. The Morgan fingerprint density at radius 1 is 0.958 bits per heavy atom. The van der Waals surface area contributed by atoms with E-state index in [4.69, 9.17) is 5.11 Å². The Balaban J connectivity index is 1.57. The van der Waals surface area contributed by atoms with Crippen LogP contribution in [0.4, 0.5) is 0 Å². The average molecular weight is 335 g/mol. The minimum Gasteiger partial charge on any atom is -0.477 e. The molecule has 24 heavy (non-hydrogen) atoms. The molecule has 0 radical (unpaired) electrons. The fraction of sp³-hybridized carbons (Fsp3) is 0.100. The molecular weight excluding hydrogens is 318 g/mol. The predicted octanol–water partition coefficient (Wildman–Crippen LogP) is 4.78. The summed E-state index contributed by atoms with van der Waals surface area (Å²) in [5.41, 5.74) is 3.80. The summed E-state index contributed by atoms with van der Waals surface area (Å²) in [6, 6.07) is 22.4. The second-order valence-corrected chi connectivity index (χ2v) is 6.51. The van der Waals surface area contributed by atoms with Gasteiger partial charge in [0, 0.05) is 16.8 Å². The van der Waals surface area contributed by atoms with Crippen molar-refractivity contribution in [1.82, 2.24) is 4.98 Å². The quantitative estimate of drug-likeness (QED) is 0.659. The molecule has 0 unspecified atom stereocenters. The number of carboxylic acids is 1. The molecule has 0 spiro atoms. The van der Waals surface area contributed by atoms with E-state index in [-0.39, 0.29) is 5.69 Å². The van der Waals surface area contributed by atoms with Gasteiger partial charge in [0.1, 0.15) is 5.69 Å². The van der Waals surface area contributed by atoms with Crippen molar-refractivity contribution in [3.63, 3.8) is 0 Å². The van der Waals surface area contributed by atoms with E-state index in [9.17, 15) is 4.79 Å². The molecule has 2 aromatic carbocycles. The van der Waals surface area contributed by atoms with Gasteiger partial charge in [0.25, 0.3) is 0 Å². The van der Waals surface area contributed by atoms with Gasteiger partial charge in [-0.2, -0.15) is 0 Å². The Morgan fingerprint density at radius 2 is 1.67 bits per heavy atom. The second kappa shape index (κ2) is 7.79. The number of nitrogens with zero attached hydrogens (tertiary/aromatic N) is 1. The van der Waals surface area contributed by atoms with Gasteiger partial charge in [-0.05, 0) is 35.2 Å². The minimum absolute atomic E-state index is 0.0900. The normalized spacial score (nSPS) is 10.5. The molecule has 0 saturated heterocycles. The first kappa shape index (κ1) is 16.3. The molecule has 120 valence electrons. The van der Waals surface area contributed by atoms with Crippen molar-refractivity contribution in [3.05, 3.63) is 84.2 Å². The molecule has 1 heterocycles. The van der Waals surface area contributed by atoms with Crippen molar-refractivity contribution in [2.75, 3.05) is 5.75 Å². The van der Waals surface area contributed by atoms with Crippen LogP contribution in [-0.2, 0) is 6.42 Å². The van der Waals surface area contributed by atoms with Crippen LogP contribution in [0.5, 0.6) is 0 Å². The first-order chi connectivity index (χ1) is 11.7. The number of aromatic carboxylic acids is 1. The molecule has 3 aromatic rings. The number of carbonyl (C=O) groups is 1. The predicted molar refractivity (Wildman–Crippen MR) is 97.5 cm³/mol. The molecule has 0 saturated carbocycles. The molecule has 1 N–H and O–H groups in total. The van der Waals surface area contributed by atoms with E-state index in [0.717, 1.165) is 17.1 Å². The fourth-order valence-electron chi connectivity index (χ4n) is 2.40. The summed E-state index contributed by atoms with van der Waals surface area (Å²) in [7, 11) is 0. The highest BCUT2D eigenvalue weighted by molar-refractivity contribution is 7.99. The van der Waals surface area contributed by atoms with Gasteiger partial charge in [-0.25, -0.2) is 9.78 Å². The molecule has 0 bridgehead atoms. The van der Waals surface area contributed by atoms with Gasteiger partial charge in [-0.3, -0.25) is 0 Å². The maximum atomic E-state index is 10.9. The third kappa shape index (κ3) is 4.24. The summed E-state index contributed by atoms with van der Waals surface area (Å²) in [5.74, 6) is -0.0951. The number of aryl methyl sites for hydroxylation is 1. The second-order valence-electron chi connectivity index (χ2n) is 5.34. The monoisotopic (exact) mass is 335 g/mol. The molecule has 0 aliphatic heterocycles. The molecule has 0 aliphatic carbocycles. The first-order valence-electron chi connectivity index (χ1n) is 7.69. The first-order valence-corrected chi connectivity index (χ1v) is 8.67. The van der Waals surface area contributed by atoms with Crippen LogP contribution in [0.15, 0.2) is 77.8 Å². The number of pyridine rings is 1. The number of aromatic nitrogens is 1. The molecule has 4 heteroatoms. The van der Waals surface area contributed by atoms with Crippen LogP contribution in [0.3, 0.4) is 0 Å². The van der Waals surface area contributed by atoms with Gasteiger partial charge in [0.15, 0.2) is 0 Å². The van der Waals surface area contributed by atoms with Gasteiger partial charge in [0.05, 0.1) is 0 Å². The Kier molecular flexibility index (Phi) is 5.29. The molecule has 1 aromatic heterocycles.